The number of benzene rings is 1. The van der Waals surface area contributed by atoms with Gasteiger partial charge in [0.25, 0.3) is 16.9 Å². The number of fused-ring (bicyclic) bond motifs is 1. The van der Waals surface area contributed by atoms with Gasteiger partial charge in [0.05, 0.1) is 21.5 Å². The van der Waals surface area contributed by atoms with E-state index in [4.69, 9.17) is 0 Å². The van der Waals surface area contributed by atoms with E-state index in [1.807, 2.05) is 0 Å². The van der Waals surface area contributed by atoms with Crippen molar-refractivity contribution in [3.63, 3.8) is 0 Å². The SMILES string of the molecule is Cn1c(=O)cc(C2=C(O)CCCC2=O)c2cc([N+](=O)[O-])cc([N+](=O)[O-])c21. The highest BCUT2D eigenvalue weighted by Crippen LogP contribution is 2.37. The van der Waals surface area contributed by atoms with E-state index < -0.39 is 32.6 Å². The number of rotatable bonds is 3. The fourth-order valence-corrected chi connectivity index (χ4v) is 3.15. The van der Waals surface area contributed by atoms with Gasteiger partial charge in [-0.3, -0.25) is 29.8 Å². The van der Waals surface area contributed by atoms with Gasteiger partial charge in [-0.2, -0.15) is 0 Å². The topological polar surface area (TPSA) is 146 Å². The van der Waals surface area contributed by atoms with Crippen LogP contribution in [0, 0.1) is 20.2 Å². The maximum Gasteiger partial charge on any atom is 0.300 e. The average molecular weight is 359 g/mol. The van der Waals surface area contributed by atoms with E-state index in [2.05, 4.69) is 0 Å². The zero-order chi connectivity index (χ0) is 19.2. The van der Waals surface area contributed by atoms with Crippen molar-refractivity contribution >= 4 is 33.6 Å². The van der Waals surface area contributed by atoms with E-state index in [1.54, 1.807) is 0 Å². The minimum atomic E-state index is -0.824. The molecule has 0 spiro atoms. The molecule has 3 rings (SSSR count). The summed E-state index contributed by atoms with van der Waals surface area (Å²) in [6.07, 6.45) is 0.805. The van der Waals surface area contributed by atoms with E-state index in [0.717, 1.165) is 22.8 Å². The third kappa shape index (κ3) is 2.61. The quantitative estimate of drug-likeness (QED) is 0.654. The number of carbonyl (C=O) groups is 1. The first-order valence-corrected chi connectivity index (χ1v) is 7.64. The number of aliphatic hydroxyl groups excluding tert-OH is 1. The summed E-state index contributed by atoms with van der Waals surface area (Å²) in [5.41, 5.74) is -2.11. The second kappa shape index (κ2) is 6.06. The van der Waals surface area contributed by atoms with E-state index in [9.17, 15) is 34.9 Å². The lowest BCUT2D eigenvalue weighted by Crippen LogP contribution is -2.20. The van der Waals surface area contributed by atoms with Crippen molar-refractivity contribution in [1.82, 2.24) is 4.57 Å². The van der Waals surface area contributed by atoms with Crippen LogP contribution in [0.1, 0.15) is 24.8 Å². The molecule has 1 heterocycles. The highest BCUT2D eigenvalue weighted by Gasteiger charge is 2.29. The number of pyridine rings is 1. The molecule has 0 unspecified atom stereocenters. The minimum Gasteiger partial charge on any atom is -0.512 e. The number of allylic oxidation sites excluding steroid dienone is 2. The summed E-state index contributed by atoms with van der Waals surface area (Å²) in [5.74, 6) is -0.651. The number of nitrogens with zero attached hydrogens (tertiary/aromatic N) is 3. The molecule has 0 bridgehead atoms. The number of nitro benzene ring substituents is 2. The van der Waals surface area contributed by atoms with Gasteiger partial charge in [-0.05, 0) is 6.42 Å². The molecule has 1 N–H and O–H groups in total. The lowest BCUT2D eigenvalue weighted by Gasteiger charge is -2.17. The second-order valence-electron chi connectivity index (χ2n) is 5.93. The number of aromatic nitrogens is 1. The van der Waals surface area contributed by atoms with Gasteiger partial charge in [0.1, 0.15) is 11.3 Å². The van der Waals surface area contributed by atoms with Gasteiger partial charge in [-0.25, -0.2) is 0 Å². The molecule has 0 atom stereocenters. The molecule has 1 aromatic heterocycles. The Hall–Kier alpha value is -3.56. The minimum absolute atomic E-state index is 0.00944. The molecular formula is C16H13N3O7. The Bertz CT molecular complexity index is 1080. The van der Waals surface area contributed by atoms with E-state index in [1.165, 1.54) is 7.05 Å². The first-order chi connectivity index (χ1) is 12.2. The van der Waals surface area contributed by atoms with Gasteiger partial charge in [0.2, 0.25) is 0 Å². The molecule has 0 amide bonds. The Balaban J connectivity index is 2.54. The third-order valence-electron chi connectivity index (χ3n) is 4.36. The molecule has 0 saturated carbocycles. The van der Waals surface area contributed by atoms with E-state index in [-0.39, 0.29) is 40.6 Å². The first kappa shape index (κ1) is 17.3. The van der Waals surface area contributed by atoms with Crippen LogP contribution < -0.4 is 5.56 Å². The van der Waals surface area contributed by atoms with Crippen LogP contribution in [0.15, 0.2) is 28.8 Å². The monoisotopic (exact) mass is 359 g/mol. The number of ketones is 1. The second-order valence-corrected chi connectivity index (χ2v) is 5.93. The summed E-state index contributed by atoms with van der Waals surface area (Å²) >= 11 is 0. The number of aliphatic hydroxyl groups is 1. The van der Waals surface area contributed by atoms with Crippen molar-refractivity contribution in [3.05, 3.63) is 60.1 Å². The molecule has 1 aliphatic carbocycles. The van der Waals surface area contributed by atoms with Crippen LogP contribution in [0.2, 0.25) is 0 Å². The van der Waals surface area contributed by atoms with Gasteiger partial charge in [0.15, 0.2) is 5.78 Å². The molecule has 2 aromatic rings. The summed E-state index contributed by atoms with van der Waals surface area (Å²) in [6.45, 7) is 0. The average Bonchev–Trinajstić information content (AvgIpc) is 2.57. The standard InChI is InChI=1S/C16H13N3O7/c1-17-14(22)7-9(15-12(20)3-2-4-13(15)21)10-5-8(18(23)24)6-11(16(10)17)19(25)26/h5-7,20H,2-4H2,1H3. The predicted molar refractivity (Wildman–Crippen MR) is 90.9 cm³/mol. The smallest absolute Gasteiger partial charge is 0.300 e. The molecular weight excluding hydrogens is 346 g/mol. The Kier molecular flexibility index (Phi) is 4.03. The molecule has 134 valence electrons. The number of carbonyl (C=O) groups excluding carboxylic acids is 1. The van der Waals surface area contributed by atoms with Gasteiger partial charge in [0, 0.05) is 43.0 Å². The highest BCUT2D eigenvalue weighted by molar-refractivity contribution is 6.25. The molecule has 10 heteroatoms. The van der Waals surface area contributed by atoms with Crippen molar-refractivity contribution in [2.75, 3.05) is 0 Å². The first-order valence-electron chi connectivity index (χ1n) is 7.64. The number of Topliss-reactive ketones (excluding diaryl/α,β-unsaturated/α-hetero) is 1. The fraction of sp³-hybridized carbons (Fsp3) is 0.250. The van der Waals surface area contributed by atoms with Crippen molar-refractivity contribution in [1.29, 1.82) is 0 Å². The van der Waals surface area contributed by atoms with Gasteiger partial charge >= 0.3 is 0 Å². The van der Waals surface area contributed by atoms with Crippen LogP contribution in [-0.2, 0) is 11.8 Å². The lowest BCUT2D eigenvalue weighted by molar-refractivity contribution is -0.393. The van der Waals surface area contributed by atoms with Crippen LogP contribution >= 0.6 is 0 Å². The summed E-state index contributed by atoms with van der Waals surface area (Å²) in [7, 11) is 1.30. The Morgan fingerprint density at radius 1 is 1.08 bits per heavy atom. The number of hydrogen-bond acceptors (Lipinski definition) is 7. The fourth-order valence-electron chi connectivity index (χ4n) is 3.15. The molecule has 0 fully saturated rings. The normalized spacial score (nSPS) is 14.7. The van der Waals surface area contributed by atoms with E-state index in [0.29, 0.717) is 6.42 Å². The lowest BCUT2D eigenvalue weighted by atomic mass is 9.89. The Morgan fingerprint density at radius 3 is 2.35 bits per heavy atom. The van der Waals surface area contributed by atoms with Crippen molar-refractivity contribution in [3.8, 4) is 0 Å². The van der Waals surface area contributed by atoms with Gasteiger partial charge < -0.3 is 9.67 Å². The van der Waals surface area contributed by atoms with Crippen LogP contribution in [0.5, 0.6) is 0 Å². The molecule has 26 heavy (non-hydrogen) atoms. The maximum absolute atomic E-state index is 12.3. The van der Waals surface area contributed by atoms with Crippen molar-refractivity contribution in [2.45, 2.75) is 19.3 Å². The Morgan fingerprint density at radius 2 is 1.77 bits per heavy atom. The highest BCUT2D eigenvalue weighted by atomic mass is 16.6. The maximum atomic E-state index is 12.3. The zero-order valence-electron chi connectivity index (χ0n) is 13.6. The molecule has 1 aliphatic rings. The van der Waals surface area contributed by atoms with Crippen LogP contribution in [0.3, 0.4) is 0 Å². The predicted octanol–water partition coefficient (Wildman–Crippen LogP) is 2.38. The zero-order valence-corrected chi connectivity index (χ0v) is 13.6. The van der Waals surface area contributed by atoms with Crippen LogP contribution in [-0.4, -0.2) is 25.3 Å². The van der Waals surface area contributed by atoms with Crippen molar-refractivity contribution in [2.24, 2.45) is 7.05 Å². The molecule has 0 aliphatic heterocycles. The number of aryl methyl sites for hydroxylation is 1. The van der Waals surface area contributed by atoms with E-state index >= 15 is 0 Å². The van der Waals surface area contributed by atoms with Crippen molar-refractivity contribution < 1.29 is 19.7 Å². The summed E-state index contributed by atoms with van der Waals surface area (Å²) in [6, 6.07) is 2.90. The molecule has 0 saturated heterocycles. The molecule has 0 radical (unpaired) electrons. The number of hydrogen-bond donors (Lipinski definition) is 1. The summed E-state index contributed by atoms with van der Waals surface area (Å²) in [4.78, 5) is 45.5. The molecule has 1 aromatic carbocycles. The van der Waals surface area contributed by atoms with Gasteiger partial charge in [-0.15, -0.1) is 0 Å². The third-order valence-corrected chi connectivity index (χ3v) is 4.36. The van der Waals surface area contributed by atoms with Crippen LogP contribution in [0.4, 0.5) is 11.4 Å². The number of nitro groups is 2. The summed E-state index contributed by atoms with van der Waals surface area (Å²) < 4.78 is 0.992. The van der Waals surface area contributed by atoms with Gasteiger partial charge in [-0.1, -0.05) is 0 Å². The largest absolute Gasteiger partial charge is 0.512 e. The number of non-ortho nitro benzene ring substituents is 2. The summed E-state index contributed by atoms with van der Waals surface area (Å²) in [5, 5.41) is 32.7. The molecule has 10 nitrogen and oxygen atoms in total. The van der Waals surface area contributed by atoms with Crippen LogP contribution in [0.25, 0.3) is 16.5 Å². The Labute approximate surface area is 145 Å².